The molecule has 146 valence electrons. The Balaban J connectivity index is 3.26. The van der Waals surface area contributed by atoms with Gasteiger partial charge in [0.15, 0.2) is 0 Å². The first-order chi connectivity index (χ1) is 12.1. The summed E-state index contributed by atoms with van der Waals surface area (Å²) >= 11 is 0. The summed E-state index contributed by atoms with van der Waals surface area (Å²) in [6, 6.07) is 0. The first-order valence-electron chi connectivity index (χ1n) is 9.75. The molecule has 0 atom stereocenters. The molecule has 0 saturated carbocycles. The highest BCUT2D eigenvalue weighted by molar-refractivity contribution is 5.78. The van der Waals surface area contributed by atoms with Crippen LogP contribution in [0, 0.1) is 0 Å². The number of ketones is 1. The van der Waals surface area contributed by atoms with Crippen molar-refractivity contribution in [1.29, 1.82) is 0 Å². The fourth-order valence-corrected chi connectivity index (χ4v) is 2.75. The minimum atomic E-state index is -0.140. The van der Waals surface area contributed by atoms with Crippen molar-refractivity contribution in [2.24, 2.45) is 0 Å². The third-order valence-corrected chi connectivity index (χ3v) is 4.38. The molecule has 25 heavy (non-hydrogen) atoms. The van der Waals surface area contributed by atoms with Gasteiger partial charge in [-0.15, -0.1) is 0 Å². The fourth-order valence-electron chi connectivity index (χ4n) is 2.75. The molecule has 0 amide bonds. The van der Waals surface area contributed by atoms with Crippen LogP contribution in [-0.4, -0.2) is 31.9 Å². The fraction of sp³-hybridized carbons (Fsp3) is 0.850. The van der Waals surface area contributed by atoms with E-state index in [4.69, 9.17) is 0 Å². The van der Waals surface area contributed by atoms with Gasteiger partial charge in [-0.05, 0) is 25.7 Å². The number of unbranched alkanes of at least 4 members (excludes halogenated alkanes) is 9. The molecular weight excluding hydrogens is 320 g/mol. The van der Waals surface area contributed by atoms with E-state index >= 15 is 0 Å². The van der Waals surface area contributed by atoms with Crippen molar-refractivity contribution in [3.05, 3.63) is 0 Å². The quantitative estimate of drug-likeness (QED) is 0.278. The van der Waals surface area contributed by atoms with E-state index in [-0.39, 0.29) is 11.9 Å². The molecule has 0 saturated heterocycles. The molecule has 0 bridgehead atoms. The Morgan fingerprint density at radius 1 is 0.480 bits per heavy atom. The third-order valence-electron chi connectivity index (χ3n) is 4.38. The molecule has 0 radical (unpaired) electrons. The zero-order valence-corrected chi connectivity index (χ0v) is 16.1. The lowest BCUT2D eigenvalue weighted by atomic mass is 10.0. The number of Topliss-reactive ketones (excluding diaryl/α,β-unsaturated/α-hetero) is 1. The van der Waals surface area contributed by atoms with Gasteiger partial charge in [-0.2, -0.15) is 0 Å². The molecule has 0 fully saturated rings. The second kappa shape index (κ2) is 17.4. The average Bonchev–Trinajstić information content (AvgIpc) is 2.62. The van der Waals surface area contributed by atoms with Gasteiger partial charge >= 0.3 is 11.9 Å². The number of esters is 2. The van der Waals surface area contributed by atoms with E-state index in [0.717, 1.165) is 70.6 Å². The summed E-state index contributed by atoms with van der Waals surface area (Å²) in [4.78, 5) is 33.7. The predicted molar refractivity (Wildman–Crippen MR) is 98.3 cm³/mol. The number of carbonyl (C=O) groups is 3. The van der Waals surface area contributed by atoms with Crippen LogP contribution in [0.3, 0.4) is 0 Å². The molecule has 0 rings (SSSR count). The van der Waals surface area contributed by atoms with Gasteiger partial charge in [0, 0.05) is 25.7 Å². The number of ether oxygens (including phenoxy) is 2. The van der Waals surface area contributed by atoms with Gasteiger partial charge in [-0.25, -0.2) is 0 Å². The summed E-state index contributed by atoms with van der Waals surface area (Å²) in [6.45, 7) is 0. The van der Waals surface area contributed by atoms with Gasteiger partial charge in [0.2, 0.25) is 0 Å². The van der Waals surface area contributed by atoms with Crippen LogP contribution in [0.5, 0.6) is 0 Å². The zero-order valence-electron chi connectivity index (χ0n) is 16.1. The Bertz CT molecular complexity index is 365. The molecule has 0 aliphatic heterocycles. The van der Waals surface area contributed by atoms with Crippen LogP contribution in [0.4, 0.5) is 0 Å². The second-order valence-corrected chi connectivity index (χ2v) is 6.58. The van der Waals surface area contributed by atoms with Crippen molar-refractivity contribution in [3.63, 3.8) is 0 Å². The molecular formula is C20H36O5. The Labute approximate surface area is 152 Å². The molecule has 0 unspecified atom stereocenters. The van der Waals surface area contributed by atoms with Crippen LogP contribution in [0.25, 0.3) is 0 Å². The van der Waals surface area contributed by atoms with Crippen LogP contribution in [0.2, 0.25) is 0 Å². The zero-order chi connectivity index (χ0) is 18.8. The lowest BCUT2D eigenvalue weighted by Gasteiger charge is -2.03. The van der Waals surface area contributed by atoms with Gasteiger partial charge in [-0.3, -0.25) is 14.4 Å². The van der Waals surface area contributed by atoms with Crippen LogP contribution >= 0.6 is 0 Å². The maximum atomic E-state index is 11.8. The van der Waals surface area contributed by atoms with Crippen molar-refractivity contribution in [2.75, 3.05) is 14.2 Å². The van der Waals surface area contributed by atoms with Crippen molar-refractivity contribution in [2.45, 2.75) is 96.3 Å². The summed E-state index contributed by atoms with van der Waals surface area (Å²) in [7, 11) is 2.84. The van der Waals surface area contributed by atoms with Crippen LogP contribution in [-0.2, 0) is 23.9 Å². The Morgan fingerprint density at radius 2 is 0.760 bits per heavy atom. The molecule has 0 aromatic carbocycles. The maximum absolute atomic E-state index is 11.8. The van der Waals surface area contributed by atoms with E-state index in [1.807, 2.05) is 0 Å². The Hall–Kier alpha value is -1.39. The molecule has 0 aromatic heterocycles. The molecule has 0 aliphatic carbocycles. The molecule has 5 heteroatoms. The van der Waals surface area contributed by atoms with E-state index in [0.29, 0.717) is 31.5 Å². The van der Waals surface area contributed by atoms with Gasteiger partial charge in [0.25, 0.3) is 0 Å². The van der Waals surface area contributed by atoms with E-state index < -0.39 is 0 Å². The standard InChI is InChI=1S/C20H36O5/c1-24-19(22)16-12-8-4-3-6-10-14-18(21)15-11-7-5-9-13-17-20(23)25-2/h3-17H2,1-2H3. The minimum Gasteiger partial charge on any atom is -0.469 e. The van der Waals surface area contributed by atoms with E-state index in [1.54, 1.807) is 0 Å². The number of hydrogen-bond donors (Lipinski definition) is 0. The molecule has 0 spiro atoms. The number of methoxy groups -OCH3 is 2. The maximum Gasteiger partial charge on any atom is 0.305 e. The molecule has 0 N–H and O–H groups in total. The van der Waals surface area contributed by atoms with Crippen molar-refractivity contribution >= 4 is 17.7 Å². The normalized spacial score (nSPS) is 10.5. The summed E-state index contributed by atoms with van der Waals surface area (Å²) in [5.41, 5.74) is 0. The number of hydrogen-bond acceptors (Lipinski definition) is 5. The lowest BCUT2D eigenvalue weighted by Crippen LogP contribution is -2.00. The van der Waals surface area contributed by atoms with Crippen molar-refractivity contribution < 1.29 is 23.9 Å². The van der Waals surface area contributed by atoms with Crippen LogP contribution in [0.15, 0.2) is 0 Å². The van der Waals surface area contributed by atoms with Crippen molar-refractivity contribution in [3.8, 4) is 0 Å². The molecule has 0 aliphatic rings. The number of carbonyl (C=O) groups excluding carboxylic acids is 3. The molecule has 5 nitrogen and oxygen atoms in total. The van der Waals surface area contributed by atoms with E-state index in [2.05, 4.69) is 9.47 Å². The number of rotatable bonds is 17. The lowest BCUT2D eigenvalue weighted by molar-refractivity contribution is -0.141. The monoisotopic (exact) mass is 356 g/mol. The summed E-state index contributed by atoms with van der Waals surface area (Å²) in [5, 5.41) is 0. The Kier molecular flexibility index (Phi) is 16.5. The largest absolute Gasteiger partial charge is 0.469 e. The minimum absolute atomic E-state index is 0.130. The Morgan fingerprint density at radius 3 is 1.08 bits per heavy atom. The average molecular weight is 357 g/mol. The van der Waals surface area contributed by atoms with Crippen LogP contribution < -0.4 is 0 Å². The first-order valence-corrected chi connectivity index (χ1v) is 9.75. The van der Waals surface area contributed by atoms with Gasteiger partial charge < -0.3 is 9.47 Å². The SMILES string of the molecule is COC(=O)CCCCCCCCC(=O)CCCCCCCC(=O)OC. The van der Waals surface area contributed by atoms with Crippen molar-refractivity contribution in [1.82, 2.24) is 0 Å². The highest BCUT2D eigenvalue weighted by Crippen LogP contribution is 2.12. The summed E-state index contributed by atoms with van der Waals surface area (Å²) in [5.74, 6) is 0.105. The topological polar surface area (TPSA) is 69.7 Å². The van der Waals surface area contributed by atoms with Gasteiger partial charge in [0.05, 0.1) is 14.2 Å². The van der Waals surface area contributed by atoms with Gasteiger partial charge in [-0.1, -0.05) is 44.9 Å². The van der Waals surface area contributed by atoms with E-state index in [9.17, 15) is 14.4 Å². The summed E-state index contributed by atoms with van der Waals surface area (Å²) < 4.78 is 9.20. The van der Waals surface area contributed by atoms with Crippen LogP contribution in [0.1, 0.15) is 96.3 Å². The summed E-state index contributed by atoms with van der Waals surface area (Å²) in [6.07, 6.45) is 13.7. The predicted octanol–water partition coefficient (Wildman–Crippen LogP) is 4.75. The third kappa shape index (κ3) is 17.2. The van der Waals surface area contributed by atoms with Gasteiger partial charge in [0.1, 0.15) is 5.78 Å². The highest BCUT2D eigenvalue weighted by Gasteiger charge is 2.03. The highest BCUT2D eigenvalue weighted by atomic mass is 16.5. The molecule has 0 heterocycles. The smallest absolute Gasteiger partial charge is 0.305 e. The first kappa shape index (κ1) is 23.6. The molecule has 0 aromatic rings. The second-order valence-electron chi connectivity index (χ2n) is 6.58. The van der Waals surface area contributed by atoms with E-state index in [1.165, 1.54) is 14.2 Å².